The van der Waals surface area contributed by atoms with Crippen LogP contribution in [0.3, 0.4) is 0 Å². The number of hydrogen-bond acceptors (Lipinski definition) is 7. The van der Waals surface area contributed by atoms with Crippen molar-refractivity contribution in [3.8, 4) is 0 Å². The van der Waals surface area contributed by atoms with Gasteiger partial charge in [-0.3, -0.25) is 0 Å². The van der Waals surface area contributed by atoms with Crippen LogP contribution in [0.5, 0.6) is 0 Å². The van der Waals surface area contributed by atoms with Crippen molar-refractivity contribution in [2.75, 3.05) is 13.1 Å². The van der Waals surface area contributed by atoms with Gasteiger partial charge in [-0.05, 0) is 46.6 Å². The van der Waals surface area contributed by atoms with Gasteiger partial charge in [0, 0.05) is 26.3 Å². The first kappa shape index (κ1) is 16.9. The van der Waals surface area contributed by atoms with Crippen molar-refractivity contribution in [3.05, 3.63) is 34.8 Å². The number of nitrogens with zero attached hydrogens (tertiary/aromatic N) is 5. The first-order valence-corrected chi connectivity index (χ1v) is 9.45. The van der Waals surface area contributed by atoms with Gasteiger partial charge >= 0.3 is 5.82 Å². The molecule has 24 heavy (non-hydrogen) atoms. The van der Waals surface area contributed by atoms with Crippen molar-refractivity contribution in [2.45, 2.75) is 27.8 Å². The van der Waals surface area contributed by atoms with Crippen LogP contribution in [0.1, 0.15) is 12.8 Å². The Morgan fingerprint density at radius 3 is 2.54 bits per heavy atom. The molecule has 1 fully saturated rings. The summed E-state index contributed by atoms with van der Waals surface area (Å²) < 4.78 is 27.8. The maximum atomic E-state index is 12.4. The Balaban J connectivity index is 1.83. The van der Waals surface area contributed by atoms with Crippen LogP contribution in [-0.2, 0) is 17.1 Å². The van der Waals surface area contributed by atoms with Crippen LogP contribution in [0.25, 0.3) is 0 Å². The molecule has 1 aliphatic heterocycles. The molecule has 0 spiro atoms. The molecule has 0 atom stereocenters. The lowest BCUT2D eigenvalue weighted by Crippen LogP contribution is -2.27. The molecule has 1 saturated heterocycles. The summed E-state index contributed by atoms with van der Waals surface area (Å²) in [5.41, 5.74) is 0. The summed E-state index contributed by atoms with van der Waals surface area (Å²) in [6, 6.07) is 3.02. The molecule has 0 bridgehead atoms. The summed E-state index contributed by atoms with van der Waals surface area (Å²) in [5, 5.41) is 11.8. The molecule has 2 aromatic rings. The van der Waals surface area contributed by atoms with Crippen molar-refractivity contribution < 1.29 is 13.3 Å². The highest BCUT2D eigenvalue weighted by atomic mass is 32.2. The van der Waals surface area contributed by atoms with E-state index in [0.717, 1.165) is 24.6 Å². The van der Waals surface area contributed by atoms with Gasteiger partial charge in [-0.15, -0.1) is 0 Å². The van der Waals surface area contributed by atoms with E-state index in [1.165, 1.54) is 27.5 Å². The molecule has 128 valence electrons. The zero-order chi connectivity index (χ0) is 17.3. The second-order valence-electron chi connectivity index (χ2n) is 5.29. The molecule has 3 heterocycles. The molecule has 0 aromatic carbocycles. The van der Waals surface area contributed by atoms with Gasteiger partial charge in [0.25, 0.3) is 0 Å². The van der Waals surface area contributed by atoms with Crippen molar-refractivity contribution in [3.63, 3.8) is 0 Å². The van der Waals surface area contributed by atoms with E-state index >= 15 is 0 Å². The monoisotopic (exact) mass is 369 g/mol. The molecule has 1 aliphatic rings. The lowest BCUT2D eigenvalue weighted by atomic mass is 10.4. The third kappa shape index (κ3) is 3.14. The molecule has 9 nitrogen and oxygen atoms in total. The summed E-state index contributed by atoms with van der Waals surface area (Å²) >= 11 is 1.07. The smallest absolute Gasteiger partial charge is 0.358 e. The topological polar surface area (TPSA) is 111 Å². The molecule has 11 heteroatoms. The van der Waals surface area contributed by atoms with Crippen LogP contribution in [-0.4, -0.2) is 45.3 Å². The Bertz CT molecular complexity index is 857. The van der Waals surface area contributed by atoms with E-state index < -0.39 is 14.9 Å². The minimum absolute atomic E-state index is 0.133. The van der Waals surface area contributed by atoms with Crippen molar-refractivity contribution in [1.29, 1.82) is 0 Å². The number of nitro groups is 1. The van der Waals surface area contributed by atoms with E-state index in [2.05, 4.69) is 9.97 Å². The van der Waals surface area contributed by atoms with Crippen molar-refractivity contribution >= 4 is 27.6 Å². The normalized spacial score (nSPS) is 15.7. The number of pyridine rings is 1. The first-order chi connectivity index (χ1) is 11.4. The minimum Gasteiger partial charge on any atom is -0.358 e. The Labute approximate surface area is 142 Å². The molecule has 2 aromatic heterocycles. The largest absolute Gasteiger partial charge is 0.396 e. The summed E-state index contributed by atoms with van der Waals surface area (Å²) in [7, 11) is -1.86. The van der Waals surface area contributed by atoms with Crippen LogP contribution in [0.4, 0.5) is 5.82 Å². The average molecular weight is 369 g/mol. The lowest BCUT2D eigenvalue weighted by Gasteiger charge is -2.15. The quantitative estimate of drug-likeness (QED) is 0.582. The highest BCUT2D eigenvalue weighted by Gasteiger charge is 2.27. The Morgan fingerprint density at radius 2 is 1.96 bits per heavy atom. The van der Waals surface area contributed by atoms with E-state index in [0.29, 0.717) is 23.1 Å². The molecule has 0 amide bonds. The Hall–Kier alpha value is -1.98. The number of imidazole rings is 1. The predicted molar refractivity (Wildman–Crippen MR) is 86.2 cm³/mol. The van der Waals surface area contributed by atoms with Crippen LogP contribution in [0, 0.1) is 10.1 Å². The number of rotatable bonds is 5. The Kier molecular flexibility index (Phi) is 4.56. The minimum atomic E-state index is -3.51. The maximum Gasteiger partial charge on any atom is 0.396 e. The second-order valence-corrected chi connectivity index (χ2v) is 8.23. The fourth-order valence-electron chi connectivity index (χ4n) is 2.41. The Morgan fingerprint density at radius 1 is 1.25 bits per heavy atom. The van der Waals surface area contributed by atoms with E-state index in [1.807, 2.05) is 0 Å². The van der Waals surface area contributed by atoms with Crippen LogP contribution >= 0.6 is 11.8 Å². The highest BCUT2D eigenvalue weighted by molar-refractivity contribution is 7.99. The summed E-state index contributed by atoms with van der Waals surface area (Å²) in [4.78, 5) is 18.4. The fraction of sp³-hybridized carbons (Fsp3) is 0.385. The lowest BCUT2D eigenvalue weighted by molar-refractivity contribution is -0.392. The fourth-order valence-corrected chi connectivity index (χ4v) is 4.72. The SMILES string of the molecule is Cn1cnc([N+](=O)[O-])c1Sc1ccc(S(=O)(=O)N2CCCC2)cn1. The first-order valence-electron chi connectivity index (χ1n) is 7.19. The van der Waals surface area contributed by atoms with Gasteiger partial charge in [-0.2, -0.15) is 4.31 Å². The standard InChI is InChI=1S/C13H15N5O4S2/c1-16-9-15-12(18(19)20)13(16)23-11-5-4-10(8-14-11)24(21,22)17-6-2-3-7-17/h4-5,8-9H,2-3,6-7H2,1H3. The predicted octanol–water partition coefficient (Wildman–Crippen LogP) is 1.66. The molecule has 0 unspecified atom stereocenters. The second kappa shape index (κ2) is 6.49. The zero-order valence-corrected chi connectivity index (χ0v) is 14.5. The van der Waals surface area contributed by atoms with Gasteiger partial charge in [0.15, 0.2) is 5.03 Å². The number of aromatic nitrogens is 3. The summed E-state index contributed by atoms with van der Waals surface area (Å²) in [6.07, 6.45) is 4.38. The maximum absolute atomic E-state index is 12.4. The van der Waals surface area contributed by atoms with E-state index in [1.54, 1.807) is 13.1 Å². The molecule has 0 saturated carbocycles. The van der Waals surface area contributed by atoms with E-state index in [4.69, 9.17) is 0 Å². The molecular formula is C13H15N5O4S2. The molecule has 3 rings (SSSR count). The third-order valence-corrected chi connectivity index (χ3v) is 6.65. The van der Waals surface area contributed by atoms with Gasteiger partial charge in [0.1, 0.15) is 9.92 Å². The van der Waals surface area contributed by atoms with Crippen molar-refractivity contribution in [2.24, 2.45) is 7.05 Å². The van der Waals surface area contributed by atoms with Crippen LogP contribution in [0.15, 0.2) is 39.6 Å². The average Bonchev–Trinajstić information content (AvgIpc) is 3.19. The summed E-state index contributed by atoms with van der Waals surface area (Å²) in [5.74, 6) is -0.252. The third-order valence-electron chi connectivity index (χ3n) is 3.65. The van der Waals surface area contributed by atoms with Gasteiger partial charge in [-0.1, -0.05) is 0 Å². The highest BCUT2D eigenvalue weighted by Crippen LogP contribution is 2.32. The molecule has 0 N–H and O–H groups in total. The molecule has 0 radical (unpaired) electrons. The number of sulfonamides is 1. The summed E-state index contributed by atoms with van der Waals surface area (Å²) in [6.45, 7) is 1.06. The van der Waals surface area contributed by atoms with Gasteiger partial charge in [0.05, 0.1) is 0 Å². The molecular weight excluding hydrogens is 354 g/mol. The van der Waals surface area contributed by atoms with Gasteiger partial charge in [-0.25, -0.2) is 13.4 Å². The number of hydrogen-bond donors (Lipinski definition) is 0. The van der Waals surface area contributed by atoms with Crippen LogP contribution in [0.2, 0.25) is 0 Å². The van der Waals surface area contributed by atoms with E-state index in [9.17, 15) is 18.5 Å². The van der Waals surface area contributed by atoms with Gasteiger partial charge in [0.2, 0.25) is 16.4 Å². The van der Waals surface area contributed by atoms with Crippen molar-refractivity contribution in [1.82, 2.24) is 18.8 Å². The van der Waals surface area contributed by atoms with Gasteiger partial charge < -0.3 is 14.7 Å². The van der Waals surface area contributed by atoms with Crippen LogP contribution < -0.4 is 0 Å². The zero-order valence-electron chi connectivity index (χ0n) is 12.8. The molecule has 0 aliphatic carbocycles. The number of aryl methyl sites for hydroxylation is 1. The van der Waals surface area contributed by atoms with E-state index in [-0.39, 0.29) is 10.7 Å².